The van der Waals surface area contributed by atoms with E-state index in [1.54, 1.807) is 6.07 Å². The first-order valence-electron chi connectivity index (χ1n) is 10.2. The number of carbonyl (C=O) groups excluding carboxylic acids is 1. The molecule has 3 N–H and O–H groups in total. The minimum atomic E-state index is 0.0523. The second kappa shape index (κ2) is 8.75. The van der Waals surface area contributed by atoms with Crippen LogP contribution in [-0.4, -0.2) is 30.4 Å². The number of hydrogen-bond donors (Lipinski definition) is 2. The molecule has 2 aromatic rings. The van der Waals surface area contributed by atoms with Crippen LogP contribution in [0.15, 0.2) is 72.1 Å². The number of nitrogens with one attached hydrogen (secondary N) is 1. The summed E-state index contributed by atoms with van der Waals surface area (Å²) in [6.45, 7) is 2.38. The first kappa shape index (κ1) is 19.6. The first-order chi connectivity index (χ1) is 14.1. The van der Waals surface area contributed by atoms with Gasteiger partial charge in [0.25, 0.3) is 5.91 Å². The van der Waals surface area contributed by atoms with Crippen molar-refractivity contribution in [2.75, 3.05) is 19.6 Å². The van der Waals surface area contributed by atoms with Gasteiger partial charge in [0, 0.05) is 35.8 Å². The Morgan fingerprint density at radius 3 is 2.59 bits per heavy atom. The molecule has 0 radical (unpaired) electrons. The summed E-state index contributed by atoms with van der Waals surface area (Å²) >= 11 is 6.50. The lowest BCUT2D eigenvalue weighted by Crippen LogP contribution is -2.38. The van der Waals surface area contributed by atoms with Crippen molar-refractivity contribution < 1.29 is 4.79 Å². The highest BCUT2D eigenvalue weighted by Crippen LogP contribution is 2.31. The van der Waals surface area contributed by atoms with E-state index in [2.05, 4.69) is 17.5 Å². The van der Waals surface area contributed by atoms with Crippen LogP contribution < -0.4 is 11.1 Å². The van der Waals surface area contributed by atoms with Crippen LogP contribution in [0.3, 0.4) is 0 Å². The van der Waals surface area contributed by atoms with Gasteiger partial charge in [0.2, 0.25) is 0 Å². The van der Waals surface area contributed by atoms with E-state index >= 15 is 0 Å². The zero-order chi connectivity index (χ0) is 20.2. The van der Waals surface area contributed by atoms with E-state index in [1.807, 2.05) is 47.4 Å². The monoisotopic (exact) mass is 407 g/mol. The van der Waals surface area contributed by atoms with Crippen molar-refractivity contribution >= 4 is 17.5 Å². The summed E-state index contributed by atoms with van der Waals surface area (Å²) in [5.41, 5.74) is 9.93. The van der Waals surface area contributed by atoms with Crippen LogP contribution in [0, 0.1) is 5.92 Å². The normalized spacial score (nSPS) is 17.8. The molecule has 4 rings (SSSR count). The molecule has 1 saturated heterocycles. The number of nitrogens with zero attached hydrogens (tertiary/aromatic N) is 1. The molecule has 150 valence electrons. The largest absolute Gasteiger partial charge is 0.386 e. The van der Waals surface area contributed by atoms with Crippen LogP contribution in [0.5, 0.6) is 0 Å². The Labute approximate surface area is 177 Å². The number of amides is 1. The van der Waals surface area contributed by atoms with Gasteiger partial charge in [-0.3, -0.25) is 4.79 Å². The van der Waals surface area contributed by atoms with E-state index < -0.39 is 0 Å². The standard InChI is InChI=1S/C24H26ClN3O/c25-22-15-20(8-9-21(22)18-5-2-1-3-6-18)24(29)28-13-10-17(11-14-28)19-7-4-12-27-23(26)16-19/h1-3,5-9,15-17,27H,4,10-14,26H2. The number of benzene rings is 2. The predicted molar refractivity (Wildman–Crippen MR) is 118 cm³/mol. The SMILES string of the molecule is NC1=CC(C2CCN(C(=O)c3ccc(-c4ccccc4)c(Cl)c3)CC2)=CCCN1. The molecule has 0 unspecified atom stereocenters. The van der Waals surface area contributed by atoms with Crippen molar-refractivity contribution in [3.8, 4) is 11.1 Å². The molecule has 1 amide bonds. The van der Waals surface area contributed by atoms with Crippen molar-refractivity contribution in [2.24, 2.45) is 11.7 Å². The summed E-state index contributed by atoms with van der Waals surface area (Å²) in [7, 11) is 0. The summed E-state index contributed by atoms with van der Waals surface area (Å²) in [5.74, 6) is 1.25. The molecule has 0 atom stereocenters. The Hall–Kier alpha value is -2.72. The Morgan fingerprint density at radius 2 is 1.86 bits per heavy atom. The average molecular weight is 408 g/mol. The zero-order valence-corrected chi connectivity index (χ0v) is 17.2. The van der Waals surface area contributed by atoms with Crippen molar-refractivity contribution in [2.45, 2.75) is 19.3 Å². The van der Waals surface area contributed by atoms with E-state index in [-0.39, 0.29) is 5.91 Å². The van der Waals surface area contributed by atoms with Gasteiger partial charge in [-0.1, -0.05) is 54.1 Å². The van der Waals surface area contributed by atoms with E-state index in [0.29, 0.717) is 16.5 Å². The third-order valence-corrected chi connectivity index (χ3v) is 6.04. The second-order valence-electron chi connectivity index (χ2n) is 7.65. The van der Waals surface area contributed by atoms with Gasteiger partial charge >= 0.3 is 0 Å². The van der Waals surface area contributed by atoms with E-state index in [4.69, 9.17) is 17.3 Å². The van der Waals surface area contributed by atoms with Crippen LogP contribution >= 0.6 is 11.6 Å². The lowest BCUT2D eigenvalue weighted by atomic mass is 9.88. The smallest absolute Gasteiger partial charge is 0.253 e. The molecule has 0 spiro atoms. The van der Waals surface area contributed by atoms with Crippen LogP contribution in [0.2, 0.25) is 5.02 Å². The number of hydrogen-bond acceptors (Lipinski definition) is 3. The van der Waals surface area contributed by atoms with Crippen molar-refractivity contribution in [1.29, 1.82) is 0 Å². The van der Waals surface area contributed by atoms with Gasteiger partial charge < -0.3 is 16.0 Å². The van der Waals surface area contributed by atoms with E-state index in [1.165, 1.54) is 5.57 Å². The maximum absolute atomic E-state index is 13.0. The summed E-state index contributed by atoms with van der Waals surface area (Å²) in [5, 5.41) is 3.80. The highest BCUT2D eigenvalue weighted by atomic mass is 35.5. The molecule has 0 aliphatic carbocycles. The number of carbonyl (C=O) groups is 1. The van der Waals surface area contributed by atoms with E-state index in [9.17, 15) is 4.79 Å². The summed E-state index contributed by atoms with van der Waals surface area (Å²) in [6, 6.07) is 15.6. The molecule has 1 fully saturated rings. The fourth-order valence-corrected chi connectivity index (χ4v) is 4.42. The third kappa shape index (κ3) is 4.48. The van der Waals surface area contributed by atoms with Gasteiger partial charge in [-0.25, -0.2) is 0 Å². The van der Waals surface area contributed by atoms with Crippen LogP contribution in [-0.2, 0) is 0 Å². The quantitative estimate of drug-likeness (QED) is 0.782. The average Bonchev–Trinajstić information content (AvgIpc) is 2.98. The number of nitrogens with two attached hydrogens (primary N) is 1. The number of piperidine rings is 1. The molecule has 5 heteroatoms. The Morgan fingerprint density at radius 1 is 1.10 bits per heavy atom. The molecular weight excluding hydrogens is 382 g/mol. The Balaban J connectivity index is 1.43. The van der Waals surface area contributed by atoms with Gasteiger partial charge in [-0.15, -0.1) is 0 Å². The molecule has 2 heterocycles. The minimum absolute atomic E-state index is 0.0523. The highest BCUT2D eigenvalue weighted by Gasteiger charge is 2.26. The Kier molecular flexibility index (Phi) is 5.91. The topological polar surface area (TPSA) is 58.4 Å². The molecule has 2 aliphatic heterocycles. The molecular formula is C24H26ClN3O. The van der Waals surface area contributed by atoms with Crippen molar-refractivity contribution in [1.82, 2.24) is 10.2 Å². The predicted octanol–water partition coefficient (Wildman–Crippen LogP) is 4.58. The van der Waals surface area contributed by atoms with Crippen LogP contribution in [0.25, 0.3) is 11.1 Å². The van der Waals surface area contributed by atoms with Gasteiger partial charge in [-0.05, 0) is 54.5 Å². The van der Waals surface area contributed by atoms with Crippen LogP contribution in [0.1, 0.15) is 29.6 Å². The minimum Gasteiger partial charge on any atom is -0.386 e. The second-order valence-corrected chi connectivity index (χ2v) is 8.05. The highest BCUT2D eigenvalue weighted by molar-refractivity contribution is 6.33. The maximum atomic E-state index is 13.0. The summed E-state index contributed by atoms with van der Waals surface area (Å²) in [6.07, 6.45) is 7.22. The molecule has 0 saturated carbocycles. The van der Waals surface area contributed by atoms with Gasteiger partial charge in [0.1, 0.15) is 0 Å². The maximum Gasteiger partial charge on any atom is 0.253 e. The lowest BCUT2D eigenvalue weighted by Gasteiger charge is -2.33. The van der Waals surface area contributed by atoms with Gasteiger partial charge in [0.05, 0.1) is 5.82 Å². The molecule has 4 nitrogen and oxygen atoms in total. The third-order valence-electron chi connectivity index (χ3n) is 5.73. The lowest BCUT2D eigenvalue weighted by molar-refractivity contribution is 0.0703. The molecule has 0 aromatic heterocycles. The van der Waals surface area contributed by atoms with Crippen LogP contribution in [0.4, 0.5) is 0 Å². The fraction of sp³-hybridized carbons (Fsp3) is 0.292. The Bertz CT molecular complexity index is 944. The molecule has 2 aliphatic rings. The molecule has 2 aromatic carbocycles. The molecule has 29 heavy (non-hydrogen) atoms. The van der Waals surface area contributed by atoms with Crippen molar-refractivity contribution in [3.05, 3.63) is 82.7 Å². The first-order valence-corrected chi connectivity index (χ1v) is 10.5. The van der Waals surface area contributed by atoms with Crippen molar-refractivity contribution in [3.63, 3.8) is 0 Å². The van der Waals surface area contributed by atoms with Gasteiger partial charge in [0.15, 0.2) is 0 Å². The fourth-order valence-electron chi connectivity index (χ4n) is 4.13. The zero-order valence-electron chi connectivity index (χ0n) is 16.4. The number of rotatable bonds is 3. The van der Waals surface area contributed by atoms with Gasteiger partial charge in [-0.2, -0.15) is 0 Å². The number of likely N-dealkylation sites (tertiary alicyclic amines) is 1. The number of halogens is 1. The molecule has 0 bridgehead atoms. The summed E-state index contributed by atoms with van der Waals surface area (Å²) in [4.78, 5) is 14.9. The van der Waals surface area contributed by atoms with E-state index in [0.717, 1.165) is 55.8 Å². The summed E-state index contributed by atoms with van der Waals surface area (Å²) < 4.78 is 0. The number of allylic oxidation sites excluding steroid dienone is 2.